The third kappa shape index (κ3) is 3.83. The van der Waals surface area contributed by atoms with Crippen molar-refractivity contribution >= 4 is 17.5 Å². The molecule has 108 valence electrons. The van der Waals surface area contributed by atoms with Crippen molar-refractivity contribution in [1.82, 2.24) is 5.32 Å². The van der Waals surface area contributed by atoms with Gasteiger partial charge in [0.2, 0.25) is 11.8 Å². The van der Waals surface area contributed by atoms with Gasteiger partial charge in [0, 0.05) is 25.2 Å². The van der Waals surface area contributed by atoms with Crippen LogP contribution in [0.15, 0.2) is 24.3 Å². The number of anilines is 1. The van der Waals surface area contributed by atoms with Crippen molar-refractivity contribution in [3.05, 3.63) is 29.8 Å². The summed E-state index contributed by atoms with van der Waals surface area (Å²) in [5, 5.41) is 2.91. The van der Waals surface area contributed by atoms with E-state index in [2.05, 4.69) is 12.2 Å². The molecule has 0 aromatic heterocycles. The molecule has 2 rings (SSSR count). The van der Waals surface area contributed by atoms with E-state index < -0.39 is 0 Å². The summed E-state index contributed by atoms with van der Waals surface area (Å²) in [4.78, 5) is 25.2. The van der Waals surface area contributed by atoms with Crippen LogP contribution in [0.2, 0.25) is 0 Å². The summed E-state index contributed by atoms with van der Waals surface area (Å²) in [6, 6.07) is 7.72. The molecule has 0 aliphatic carbocycles. The molecule has 20 heavy (non-hydrogen) atoms. The highest BCUT2D eigenvalue weighted by atomic mass is 16.2. The van der Waals surface area contributed by atoms with E-state index in [0.717, 1.165) is 43.6 Å². The van der Waals surface area contributed by atoms with Crippen molar-refractivity contribution in [2.45, 2.75) is 39.0 Å². The largest absolute Gasteiger partial charge is 0.356 e. The predicted molar refractivity (Wildman–Crippen MR) is 79.7 cm³/mol. The summed E-state index contributed by atoms with van der Waals surface area (Å²) in [7, 11) is 0. The number of nitrogens with zero attached hydrogens (tertiary/aromatic N) is 1. The number of hydrogen-bond donors (Lipinski definition) is 1. The van der Waals surface area contributed by atoms with Gasteiger partial charge < -0.3 is 10.2 Å². The minimum Gasteiger partial charge on any atom is -0.356 e. The van der Waals surface area contributed by atoms with Gasteiger partial charge >= 0.3 is 0 Å². The Hall–Kier alpha value is -1.84. The molecule has 0 unspecified atom stereocenters. The Morgan fingerprint density at radius 3 is 2.65 bits per heavy atom. The first-order valence-electron chi connectivity index (χ1n) is 7.36. The highest BCUT2D eigenvalue weighted by molar-refractivity contribution is 5.95. The van der Waals surface area contributed by atoms with Crippen molar-refractivity contribution < 1.29 is 9.59 Å². The Balaban J connectivity index is 1.88. The first kappa shape index (κ1) is 14.6. The van der Waals surface area contributed by atoms with E-state index in [1.54, 1.807) is 0 Å². The number of carbonyl (C=O) groups excluding carboxylic acids is 2. The number of hydrogen-bond acceptors (Lipinski definition) is 2. The average Bonchev–Trinajstić information content (AvgIpc) is 2.86. The van der Waals surface area contributed by atoms with Crippen molar-refractivity contribution in [2.75, 3.05) is 18.0 Å². The summed E-state index contributed by atoms with van der Waals surface area (Å²) in [5.41, 5.74) is 1.91. The van der Waals surface area contributed by atoms with Crippen LogP contribution >= 0.6 is 0 Å². The van der Waals surface area contributed by atoms with Gasteiger partial charge in [-0.2, -0.15) is 0 Å². The minimum absolute atomic E-state index is 0.0587. The van der Waals surface area contributed by atoms with Gasteiger partial charge in [0.15, 0.2) is 0 Å². The quantitative estimate of drug-likeness (QED) is 0.809. The highest BCUT2D eigenvalue weighted by Gasteiger charge is 2.21. The third-order valence-electron chi connectivity index (χ3n) is 3.54. The molecule has 1 aromatic rings. The molecule has 0 spiro atoms. The molecule has 1 N–H and O–H groups in total. The molecule has 0 atom stereocenters. The number of unbranched alkanes of at least 4 members (excludes halogenated alkanes) is 1. The van der Waals surface area contributed by atoms with Crippen LogP contribution in [0.25, 0.3) is 0 Å². The molecular formula is C16H22N2O2. The molecule has 1 aliphatic heterocycles. The van der Waals surface area contributed by atoms with Crippen LogP contribution in [-0.4, -0.2) is 24.9 Å². The number of benzene rings is 1. The number of rotatable bonds is 6. The normalized spacial score (nSPS) is 14.7. The molecule has 1 saturated heterocycles. The lowest BCUT2D eigenvalue weighted by molar-refractivity contribution is -0.120. The Labute approximate surface area is 120 Å². The molecule has 4 heteroatoms. The minimum atomic E-state index is 0.0587. The van der Waals surface area contributed by atoms with Crippen LogP contribution in [0, 0.1) is 0 Å². The van der Waals surface area contributed by atoms with E-state index in [-0.39, 0.29) is 11.8 Å². The smallest absolute Gasteiger partial charge is 0.227 e. The first-order chi connectivity index (χ1) is 9.70. The second kappa shape index (κ2) is 7.08. The van der Waals surface area contributed by atoms with E-state index in [1.165, 1.54) is 0 Å². The molecule has 1 heterocycles. The number of nitrogens with one attached hydrogen (secondary N) is 1. The molecule has 2 amide bonds. The lowest BCUT2D eigenvalue weighted by Gasteiger charge is -2.15. The van der Waals surface area contributed by atoms with Crippen molar-refractivity contribution in [3.63, 3.8) is 0 Å². The van der Waals surface area contributed by atoms with Crippen LogP contribution in [0.3, 0.4) is 0 Å². The molecule has 1 aromatic carbocycles. The van der Waals surface area contributed by atoms with E-state index >= 15 is 0 Å². The third-order valence-corrected chi connectivity index (χ3v) is 3.54. The van der Waals surface area contributed by atoms with E-state index in [9.17, 15) is 9.59 Å². The monoisotopic (exact) mass is 274 g/mol. The second-order valence-corrected chi connectivity index (χ2v) is 5.20. The Morgan fingerprint density at radius 1 is 1.30 bits per heavy atom. The first-order valence-corrected chi connectivity index (χ1v) is 7.36. The summed E-state index contributed by atoms with van der Waals surface area (Å²) in [6.45, 7) is 3.65. The van der Waals surface area contributed by atoms with Crippen LogP contribution in [0.5, 0.6) is 0 Å². The maximum Gasteiger partial charge on any atom is 0.227 e. The van der Waals surface area contributed by atoms with Gasteiger partial charge in [0.25, 0.3) is 0 Å². The van der Waals surface area contributed by atoms with E-state index in [0.29, 0.717) is 12.8 Å². The SMILES string of the molecule is CCCCNC(=O)Cc1ccc(N2CCCC2=O)cc1. The van der Waals surface area contributed by atoms with Crippen LogP contribution in [0.4, 0.5) is 5.69 Å². The summed E-state index contributed by atoms with van der Waals surface area (Å²) in [6.07, 6.45) is 4.07. The Kier molecular flexibility index (Phi) is 5.16. The van der Waals surface area contributed by atoms with Crippen molar-refractivity contribution in [2.24, 2.45) is 0 Å². The standard InChI is InChI=1S/C16H22N2O2/c1-2-3-10-17-15(19)12-13-6-8-14(9-7-13)18-11-4-5-16(18)20/h6-9H,2-5,10-12H2,1H3,(H,17,19). The van der Waals surface area contributed by atoms with Crippen LogP contribution in [0.1, 0.15) is 38.2 Å². The maximum absolute atomic E-state index is 11.7. The van der Waals surface area contributed by atoms with E-state index in [1.807, 2.05) is 29.2 Å². The Morgan fingerprint density at radius 2 is 2.05 bits per heavy atom. The van der Waals surface area contributed by atoms with Gasteiger partial charge in [-0.3, -0.25) is 9.59 Å². The number of carbonyl (C=O) groups is 2. The highest BCUT2D eigenvalue weighted by Crippen LogP contribution is 2.21. The lowest BCUT2D eigenvalue weighted by atomic mass is 10.1. The predicted octanol–water partition coefficient (Wildman–Crippen LogP) is 2.27. The molecule has 1 fully saturated rings. The molecule has 0 radical (unpaired) electrons. The summed E-state index contributed by atoms with van der Waals surface area (Å²) >= 11 is 0. The summed E-state index contributed by atoms with van der Waals surface area (Å²) < 4.78 is 0. The van der Waals surface area contributed by atoms with Crippen molar-refractivity contribution in [3.8, 4) is 0 Å². The molecule has 0 saturated carbocycles. The second-order valence-electron chi connectivity index (χ2n) is 5.20. The van der Waals surface area contributed by atoms with Gasteiger partial charge in [-0.15, -0.1) is 0 Å². The van der Waals surface area contributed by atoms with Crippen LogP contribution in [-0.2, 0) is 16.0 Å². The fourth-order valence-electron chi connectivity index (χ4n) is 2.37. The molecule has 4 nitrogen and oxygen atoms in total. The van der Waals surface area contributed by atoms with Gasteiger partial charge in [-0.25, -0.2) is 0 Å². The van der Waals surface area contributed by atoms with Gasteiger partial charge in [0.1, 0.15) is 0 Å². The fourth-order valence-corrected chi connectivity index (χ4v) is 2.37. The fraction of sp³-hybridized carbons (Fsp3) is 0.500. The zero-order valence-electron chi connectivity index (χ0n) is 12.0. The molecule has 0 bridgehead atoms. The Bertz CT molecular complexity index is 468. The van der Waals surface area contributed by atoms with Gasteiger partial charge in [0.05, 0.1) is 6.42 Å². The lowest BCUT2D eigenvalue weighted by Crippen LogP contribution is -2.26. The van der Waals surface area contributed by atoms with Gasteiger partial charge in [-0.05, 0) is 30.5 Å². The summed E-state index contributed by atoms with van der Waals surface area (Å²) in [5.74, 6) is 0.249. The van der Waals surface area contributed by atoms with E-state index in [4.69, 9.17) is 0 Å². The maximum atomic E-state index is 11.7. The van der Waals surface area contributed by atoms with Crippen molar-refractivity contribution in [1.29, 1.82) is 0 Å². The zero-order valence-corrected chi connectivity index (χ0v) is 12.0. The average molecular weight is 274 g/mol. The molecular weight excluding hydrogens is 252 g/mol. The zero-order chi connectivity index (χ0) is 14.4. The topological polar surface area (TPSA) is 49.4 Å². The molecule has 1 aliphatic rings. The van der Waals surface area contributed by atoms with Gasteiger partial charge in [-0.1, -0.05) is 25.5 Å². The number of amides is 2. The van der Waals surface area contributed by atoms with Crippen LogP contribution < -0.4 is 10.2 Å².